The summed E-state index contributed by atoms with van der Waals surface area (Å²) >= 11 is 0. The molecule has 0 saturated heterocycles. The van der Waals surface area contributed by atoms with Crippen LogP contribution in [0.1, 0.15) is 30.8 Å². The monoisotopic (exact) mass is 196 g/mol. The van der Waals surface area contributed by atoms with Gasteiger partial charge in [-0.05, 0) is 13.3 Å². The minimum absolute atomic E-state index is 0.117. The first-order valence-electron chi connectivity index (χ1n) is 4.71. The Bertz CT molecular complexity index is 308. The van der Waals surface area contributed by atoms with Crippen molar-refractivity contribution in [1.29, 1.82) is 0 Å². The SMILES string of the molecule is CCC(C)NC(=O)c1cc(NC)n[nH]1. The van der Waals surface area contributed by atoms with Crippen LogP contribution >= 0.6 is 0 Å². The summed E-state index contributed by atoms with van der Waals surface area (Å²) < 4.78 is 0. The maximum absolute atomic E-state index is 11.5. The highest BCUT2D eigenvalue weighted by atomic mass is 16.2. The number of aromatic amines is 1. The van der Waals surface area contributed by atoms with Crippen LogP contribution in [0.4, 0.5) is 5.82 Å². The van der Waals surface area contributed by atoms with Crippen LogP contribution < -0.4 is 10.6 Å². The molecule has 1 atom stereocenters. The Labute approximate surface area is 83.3 Å². The van der Waals surface area contributed by atoms with Crippen LogP contribution in [0, 0.1) is 0 Å². The van der Waals surface area contributed by atoms with Crippen molar-refractivity contribution < 1.29 is 4.79 Å². The van der Waals surface area contributed by atoms with Crippen molar-refractivity contribution >= 4 is 11.7 Å². The van der Waals surface area contributed by atoms with Gasteiger partial charge in [0, 0.05) is 19.2 Å². The molecular formula is C9H16N4O. The summed E-state index contributed by atoms with van der Waals surface area (Å²) in [5, 5.41) is 12.2. The third-order valence-electron chi connectivity index (χ3n) is 2.07. The van der Waals surface area contributed by atoms with Gasteiger partial charge in [-0.25, -0.2) is 0 Å². The minimum atomic E-state index is -0.117. The number of aromatic nitrogens is 2. The summed E-state index contributed by atoms with van der Waals surface area (Å²) in [5.41, 5.74) is 0.481. The van der Waals surface area contributed by atoms with Crippen LogP contribution in [0.25, 0.3) is 0 Å². The van der Waals surface area contributed by atoms with E-state index in [1.54, 1.807) is 13.1 Å². The first kappa shape index (κ1) is 10.6. The fourth-order valence-corrected chi connectivity index (χ4v) is 0.970. The van der Waals surface area contributed by atoms with E-state index in [4.69, 9.17) is 0 Å². The molecule has 5 nitrogen and oxygen atoms in total. The predicted octanol–water partition coefficient (Wildman–Crippen LogP) is 0.980. The molecule has 0 aromatic carbocycles. The van der Waals surface area contributed by atoms with Crippen LogP contribution in [-0.2, 0) is 0 Å². The van der Waals surface area contributed by atoms with Gasteiger partial charge in [0.15, 0.2) is 0 Å². The fraction of sp³-hybridized carbons (Fsp3) is 0.556. The van der Waals surface area contributed by atoms with Crippen molar-refractivity contribution in [3.63, 3.8) is 0 Å². The molecule has 1 heterocycles. The quantitative estimate of drug-likeness (QED) is 0.672. The van der Waals surface area contributed by atoms with Crippen molar-refractivity contribution in [1.82, 2.24) is 15.5 Å². The van der Waals surface area contributed by atoms with Crippen LogP contribution in [-0.4, -0.2) is 29.2 Å². The number of H-pyrrole nitrogens is 1. The highest BCUT2D eigenvalue weighted by Crippen LogP contribution is 2.04. The second kappa shape index (κ2) is 4.64. The van der Waals surface area contributed by atoms with E-state index in [0.29, 0.717) is 11.5 Å². The van der Waals surface area contributed by atoms with E-state index in [1.807, 2.05) is 13.8 Å². The summed E-state index contributed by atoms with van der Waals surface area (Å²) in [7, 11) is 1.76. The van der Waals surface area contributed by atoms with E-state index in [0.717, 1.165) is 6.42 Å². The Morgan fingerprint density at radius 1 is 1.71 bits per heavy atom. The van der Waals surface area contributed by atoms with E-state index in [2.05, 4.69) is 20.8 Å². The Hall–Kier alpha value is -1.52. The van der Waals surface area contributed by atoms with Gasteiger partial charge in [0.05, 0.1) is 0 Å². The summed E-state index contributed by atoms with van der Waals surface area (Å²) in [5.74, 6) is 0.549. The molecule has 14 heavy (non-hydrogen) atoms. The predicted molar refractivity (Wildman–Crippen MR) is 55.4 cm³/mol. The number of carbonyl (C=O) groups is 1. The normalized spacial score (nSPS) is 12.2. The number of hydrogen-bond donors (Lipinski definition) is 3. The second-order valence-electron chi connectivity index (χ2n) is 3.20. The zero-order valence-electron chi connectivity index (χ0n) is 8.72. The Balaban J connectivity index is 2.60. The highest BCUT2D eigenvalue weighted by molar-refractivity contribution is 5.93. The van der Waals surface area contributed by atoms with Gasteiger partial charge in [-0.1, -0.05) is 6.92 Å². The molecule has 0 bridgehead atoms. The fourth-order valence-electron chi connectivity index (χ4n) is 0.970. The van der Waals surface area contributed by atoms with Crippen LogP contribution in [0.15, 0.2) is 6.07 Å². The van der Waals surface area contributed by atoms with Crippen molar-refractivity contribution in [3.8, 4) is 0 Å². The van der Waals surface area contributed by atoms with E-state index in [1.165, 1.54) is 0 Å². The average Bonchev–Trinajstić information content (AvgIpc) is 2.65. The first-order chi connectivity index (χ1) is 6.67. The summed E-state index contributed by atoms with van der Waals surface area (Å²) in [6, 6.07) is 1.86. The van der Waals surface area contributed by atoms with Crippen molar-refractivity contribution in [2.24, 2.45) is 0 Å². The van der Waals surface area contributed by atoms with Crippen LogP contribution in [0.5, 0.6) is 0 Å². The van der Waals surface area contributed by atoms with Gasteiger partial charge in [-0.2, -0.15) is 5.10 Å². The van der Waals surface area contributed by atoms with Gasteiger partial charge < -0.3 is 10.6 Å². The number of anilines is 1. The van der Waals surface area contributed by atoms with Gasteiger partial charge >= 0.3 is 0 Å². The summed E-state index contributed by atoms with van der Waals surface area (Å²) in [6.07, 6.45) is 0.915. The van der Waals surface area contributed by atoms with Gasteiger partial charge in [0.25, 0.3) is 5.91 Å². The Morgan fingerprint density at radius 2 is 2.43 bits per heavy atom. The van der Waals surface area contributed by atoms with Crippen LogP contribution in [0.3, 0.4) is 0 Å². The molecule has 3 N–H and O–H groups in total. The lowest BCUT2D eigenvalue weighted by atomic mass is 10.2. The van der Waals surface area contributed by atoms with Crippen molar-refractivity contribution in [2.45, 2.75) is 26.3 Å². The largest absolute Gasteiger partial charge is 0.372 e. The van der Waals surface area contributed by atoms with Gasteiger partial charge in [0.1, 0.15) is 11.5 Å². The Morgan fingerprint density at radius 3 is 2.93 bits per heavy atom. The van der Waals surface area contributed by atoms with E-state index < -0.39 is 0 Å². The molecule has 0 aliphatic heterocycles. The number of carbonyl (C=O) groups excluding carboxylic acids is 1. The lowest BCUT2D eigenvalue weighted by molar-refractivity contribution is 0.0934. The molecule has 0 radical (unpaired) electrons. The standard InChI is InChI=1S/C9H16N4O/c1-4-6(2)11-9(14)7-5-8(10-3)13-12-7/h5-6H,4H2,1-3H3,(H,11,14)(H2,10,12,13). The molecule has 0 saturated carbocycles. The second-order valence-corrected chi connectivity index (χ2v) is 3.20. The summed E-state index contributed by atoms with van der Waals surface area (Å²) in [4.78, 5) is 11.5. The lowest BCUT2D eigenvalue weighted by Gasteiger charge is -2.09. The maximum Gasteiger partial charge on any atom is 0.269 e. The number of hydrogen-bond acceptors (Lipinski definition) is 3. The smallest absolute Gasteiger partial charge is 0.269 e. The molecule has 1 unspecified atom stereocenters. The number of nitrogens with one attached hydrogen (secondary N) is 3. The number of nitrogens with zero attached hydrogens (tertiary/aromatic N) is 1. The third kappa shape index (κ3) is 2.48. The minimum Gasteiger partial charge on any atom is -0.372 e. The van der Waals surface area contributed by atoms with Gasteiger partial charge in [0.2, 0.25) is 0 Å². The van der Waals surface area contributed by atoms with E-state index >= 15 is 0 Å². The highest BCUT2D eigenvalue weighted by Gasteiger charge is 2.10. The lowest BCUT2D eigenvalue weighted by Crippen LogP contribution is -2.32. The van der Waals surface area contributed by atoms with Crippen LogP contribution in [0.2, 0.25) is 0 Å². The molecule has 0 fully saturated rings. The van der Waals surface area contributed by atoms with Crippen molar-refractivity contribution in [3.05, 3.63) is 11.8 Å². The molecule has 0 spiro atoms. The zero-order valence-corrected chi connectivity index (χ0v) is 8.72. The molecule has 0 aliphatic rings. The molecule has 5 heteroatoms. The van der Waals surface area contributed by atoms with Gasteiger partial charge in [-0.3, -0.25) is 9.89 Å². The van der Waals surface area contributed by atoms with Gasteiger partial charge in [-0.15, -0.1) is 0 Å². The molecule has 1 aromatic rings. The average molecular weight is 196 g/mol. The molecule has 0 aliphatic carbocycles. The molecule has 1 amide bonds. The van der Waals surface area contributed by atoms with E-state index in [9.17, 15) is 4.79 Å². The van der Waals surface area contributed by atoms with E-state index in [-0.39, 0.29) is 11.9 Å². The Kier molecular flexibility index (Phi) is 3.50. The molecular weight excluding hydrogens is 180 g/mol. The maximum atomic E-state index is 11.5. The molecule has 78 valence electrons. The molecule has 1 rings (SSSR count). The van der Waals surface area contributed by atoms with Crippen molar-refractivity contribution in [2.75, 3.05) is 12.4 Å². The summed E-state index contributed by atoms with van der Waals surface area (Å²) in [6.45, 7) is 3.99. The first-order valence-corrected chi connectivity index (χ1v) is 4.71. The number of amides is 1. The topological polar surface area (TPSA) is 69.8 Å². The number of rotatable bonds is 4. The third-order valence-corrected chi connectivity index (χ3v) is 2.07. The zero-order chi connectivity index (χ0) is 10.6. The molecule has 1 aromatic heterocycles.